The van der Waals surface area contributed by atoms with Crippen molar-refractivity contribution in [1.82, 2.24) is 0 Å². The summed E-state index contributed by atoms with van der Waals surface area (Å²) >= 11 is 0. The van der Waals surface area contributed by atoms with Gasteiger partial charge in [-0.3, -0.25) is 9.79 Å². The molecule has 1 fully saturated rings. The van der Waals surface area contributed by atoms with Crippen molar-refractivity contribution in [3.8, 4) is 0 Å². The van der Waals surface area contributed by atoms with E-state index in [2.05, 4.69) is 4.99 Å². The van der Waals surface area contributed by atoms with Gasteiger partial charge in [0.1, 0.15) is 5.78 Å². The number of fused-ring (bicyclic) bond motifs is 2. The Balaban J connectivity index is 2.01. The Hall–Kier alpha value is -2.95. The van der Waals surface area contributed by atoms with Crippen LogP contribution in [0.5, 0.6) is 0 Å². The molecule has 1 heterocycles. The van der Waals surface area contributed by atoms with Gasteiger partial charge in [-0.2, -0.15) is 0 Å². The van der Waals surface area contributed by atoms with Crippen molar-refractivity contribution in [2.75, 3.05) is 19.0 Å². The maximum absolute atomic E-state index is 12.9. The van der Waals surface area contributed by atoms with Gasteiger partial charge in [-0.25, -0.2) is 4.79 Å². The lowest BCUT2D eigenvalue weighted by atomic mass is 9.68. The molecule has 0 amide bonds. The number of carbonyl (C=O) groups excluding carboxylic acids is 1. The zero-order valence-electron chi connectivity index (χ0n) is 16.4. The first-order chi connectivity index (χ1) is 13.4. The molecule has 0 spiro atoms. The van der Waals surface area contributed by atoms with Crippen LogP contribution >= 0.6 is 0 Å². The molecule has 2 aromatic carbocycles. The highest BCUT2D eigenvalue weighted by Crippen LogP contribution is 2.45. The minimum atomic E-state index is -0.996. The molecule has 5 heteroatoms. The number of aliphatic imine (C=N–C) groups is 1. The number of allylic oxidation sites excluding steroid dienone is 1. The number of hydrogen-bond acceptors (Lipinski definition) is 4. The second kappa shape index (κ2) is 6.89. The Morgan fingerprint density at radius 2 is 1.79 bits per heavy atom. The van der Waals surface area contributed by atoms with E-state index in [0.717, 1.165) is 40.6 Å². The molecule has 5 nitrogen and oxygen atoms in total. The van der Waals surface area contributed by atoms with Crippen molar-refractivity contribution >= 4 is 33.9 Å². The SMILES string of the molecule is CC1=C(C(=O)O)C(c2ccc(N(C)C)c3ccccc23)C2C(=O)CCCC2=N1. The van der Waals surface area contributed by atoms with Gasteiger partial charge in [0.2, 0.25) is 0 Å². The van der Waals surface area contributed by atoms with Gasteiger partial charge in [0.15, 0.2) is 0 Å². The molecule has 1 saturated carbocycles. The molecule has 1 aliphatic heterocycles. The van der Waals surface area contributed by atoms with Gasteiger partial charge in [-0.1, -0.05) is 30.3 Å². The molecule has 144 valence electrons. The summed E-state index contributed by atoms with van der Waals surface area (Å²) in [4.78, 5) is 31.7. The first-order valence-corrected chi connectivity index (χ1v) is 9.63. The van der Waals surface area contributed by atoms with Crippen molar-refractivity contribution in [3.63, 3.8) is 0 Å². The zero-order chi connectivity index (χ0) is 20.0. The van der Waals surface area contributed by atoms with E-state index in [1.807, 2.05) is 55.4 Å². The van der Waals surface area contributed by atoms with Crippen LogP contribution in [0.15, 0.2) is 52.7 Å². The Labute approximate surface area is 164 Å². The third-order valence-electron chi connectivity index (χ3n) is 5.89. The van der Waals surface area contributed by atoms with E-state index < -0.39 is 17.8 Å². The van der Waals surface area contributed by atoms with E-state index in [0.29, 0.717) is 12.1 Å². The molecule has 0 radical (unpaired) electrons. The second-order valence-corrected chi connectivity index (χ2v) is 7.80. The summed E-state index contributed by atoms with van der Waals surface area (Å²) in [5.74, 6) is -1.87. The van der Waals surface area contributed by atoms with E-state index in [-0.39, 0.29) is 11.4 Å². The molecular formula is C23H24N2O3. The predicted octanol–water partition coefficient (Wildman–Crippen LogP) is 4.17. The fourth-order valence-electron chi connectivity index (χ4n) is 4.70. The number of rotatable bonds is 3. The van der Waals surface area contributed by atoms with Crippen molar-refractivity contribution in [2.24, 2.45) is 10.9 Å². The summed E-state index contributed by atoms with van der Waals surface area (Å²) in [5.41, 5.74) is 3.55. The Bertz CT molecular complexity index is 1050. The Morgan fingerprint density at radius 3 is 2.46 bits per heavy atom. The maximum Gasteiger partial charge on any atom is 0.334 e. The number of benzene rings is 2. The van der Waals surface area contributed by atoms with E-state index in [9.17, 15) is 14.7 Å². The number of aliphatic carboxylic acids is 1. The average Bonchev–Trinajstić information content (AvgIpc) is 2.65. The van der Waals surface area contributed by atoms with Crippen LogP contribution in [0, 0.1) is 5.92 Å². The molecule has 1 aliphatic carbocycles. The highest BCUT2D eigenvalue weighted by atomic mass is 16.4. The smallest absolute Gasteiger partial charge is 0.334 e. The molecule has 2 aromatic rings. The third kappa shape index (κ3) is 2.82. The van der Waals surface area contributed by atoms with Crippen LogP contribution in [-0.2, 0) is 9.59 Å². The number of hydrogen-bond donors (Lipinski definition) is 1. The lowest BCUT2D eigenvalue weighted by Crippen LogP contribution is -2.38. The fraction of sp³-hybridized carbons (Fsp3) is 0.348. The third-order valence-corrected chi connectivity index (χ3v) is 5.89. The number of carboxylic acid groups (broad SMARTS) is 1. The van der Waals surface area contributed by atoms with Crippen molar-refractivity contribution in [3.05, 3.63) is 53.2 Å². The normalized spacial score (nSPS) is 22.1. The monoisotopic (exact) mass is 376 g/mol. The van der Waals surface area contributed by atoms with Gasteiger partial charge in [-0.05, 0) is 36.8 Å². The summed E-state index contributed by atoms with van der Waals surface area (Å²) < 4.78 is 0. The lowest BCUT2D eigenvalue weighted by molar-refractivity contribution is -0.133. The molecule has 4 rings (SSSR count). The first kappa shape index (κ1) is 18.4. The van der Waals surface area contributed by atoms with Crippen molar-refractivity contribution in [1.29, 1.82) is 0 Å². The summed E-state index contributed by atoms with van der Waals surface area (Å²) in [6, 6.07) is 12.0. The Kier molecular flexibility index (Phi) is 4.53. The maximum atomic E-state index is 12.9. The number of Topliss-reactive ketones (excluding diaryl/α,β-unsaturated/α-hetero) is 1. The number of carbonyl (C=O) groups is 2. The average molecular weight is 376 g/mol. The van der Waals surface area contributed by atoms with Gasteiger partial charge in [-0.15, -0.1) is 0 Å². The molecule has 2 unspecified atom stereocenters. The Morgan fingerprint density at radius 1 is 1.07 bits per heavy atom. The largest absolute Gasteiger partial charge is 0.478 e. The summed E-state index contributed by atoms with van der Waals surface area (Å²) in [6.07, 6.45) is 2.03. The fourth-order valence-corrected chi connectivity index (χ4v) is 4.70. The van der Waals surface area contributed by atoms with Gasteiger partial charge in [0.05, 0.1) is 11.5 Å². The lowest BCUT2D eigenvalue weighted by Gasteiger charge is -2.35. The molecule has 2 aliphatic rings. The van der Waals surface area contributed by atoms with Crippen LogP contribution < -0.4 is 4.90 Å². The van der Waals surface area contributed by atoms with Gasteiger partial charge < -0.3 is 10.0 Å². The van der Waals surface area contributed by atoms with Crippen LogP contribution in [0.2, 0.25) is 0 Å². The van der Waals surface area contributed by atoms with Crippen LogP contribution in [-0.4, -0.2) is 36.7 Å². The van der Waals surface area contributed by atoms with Crippen LogP contribution in [0.3, 0.4) is 0 Å². The highest BCUT2D eigenvalue weighted by molar-refractivity contribution is 6.12. The quantitative estimate of drug-likeness (QED) is 0.873. The number of ketones is 1. The number of nitrogens with zero attached hydrogens (tertiary/aromatic N) is 2. The van der Waals surface area contributed by atoms with Crippen LogP contribution in [0.4, 0.5) is 5.69 Å². The van der Waals surface area contributed by atoms with Gasteiger partial charge >= 0.3 is 5.97 Å². The minimum Gasteiger partial charge on any atom is -0.478 e. The highest BCUT2D eigenvalue weighted by Gasteiger charge is 2.43. The van der Waals surface area contributed by atoms with E-state index in [1.165, 1.54) is 0 Å². The number of anilines is 1. The molecule has 1 N–H and O–H groups in total. The zero-order valence-corrected chi connectivity index (χ0v) is 16.4. The molecule has 0 aromatic heterocycles. The first-order valence-electron chi connectivity index (χ1n) is 9.63. The van der Waals surface area contributed by atoms with E-state index in [4.69, 9.17) is 0 Å². The molecule has 0 saturated heterocycles. The standard InChI is InChI=1S/C23H24N2O3/c1-13-20(23(27)28)21(22-17(24-13)9-6-10-19(22)26)16-11-12-18(25(2)3)15-8-5-4-7-14(15)16/h4-5,7-8,11-12,21-22H,6,9-10H2,1-3H3,(H,27,28). The molecule has 28 heavy (non-hydrogen) atoms. The molecule has 2 atom stereocenters. The van der Waals surface area contributed by atoms with Gasteiger partial charge in [0, 0.05) is 48.9 Å². The number of carboxylic acids is 1. The van der Waals surface area contributed by atoms with E-state index in [1.54, 1.807) is 6.92 Å². The summed E-state index contributed by atoms with van der Waals surface area (Å²) in [5, 5.41) is 12.0. The van der Waals surface area contributed by atoms with Gasteiger partial charge in [0.25, 0.3) is 0 Å². The van der Waals surface area contributed by atoms with Crippen molar-refractivity contribution < 1.29 is 14.7 Å². The minimum absolute atomic E-state index is 0.0991. The van der Waals surface area contributed by atoms with Crippen molar-refractivity contribution in [2.45, 2.75) is 32.1 Å². The summed E-state index contributed by atoms with van der Waals surface area (Å²) in [6.45, 7) is 1.75. The van der Waals surface area contributed by atoms with Crippen LogP contribution in [0.25, 0.3) is 10.8 Å². The second-order valence-electron chi connectivity index (χ2n) is 7.80. The van der Waals surface area contributed by atoms with Crippen LogP contribution in [0.1, 0.15) is 37.7 Å². The van der Waals surface area contributed by atoms with E-state index >= 15 is 0 Å². The molecule has 0 bridgehead atoms. The predicted molar refractivity (Wildman–Crippen MR) is 111 cm³/mol. The molecular weight excluding hydrogens is 352 g/mol. The topological polar surface area (TPSA) is 70.0 Å². The summed E-state index contributed by atoms with van der Waals surface area (Å²) in [7, 11) is 3.98.